The van der Waals surface area contributed by atoms with Crippen molar-refractivity contribution in [2.75, 3.05) is 33.2 Å². The van der Waals surface area contributed by atoms with E-state index in [0.29, 0.717) is 30.2 Å². The van der Waals surface area contributed by atoms with Crippen LogP contribution in [0.1, 0.15) is 36.4 Å². The van der Waals surface area contributed by atoms with Gasteiger partial charge >= 0.3 is 6.03 Å². The number of anilines is 1. The van der Waals surface area contributed by atoms with Crippen molar-refractivity contribution < 1.29 is 23.8 Å². The van der Waals surface area contributed by atoms with Crippen LogP contribution in [-0.4, -0.2) is 61.7 Å². The maximum Gasteiger partial charge on any atom is 0.322 e. The normalized spacial score (nSPS) is 23.4. The molecule has 0 spiro atoms. The summed E-state index contributed by atoms with van der Waals surface area (Å²) in [5.74, 6) is 2.11. The molecule has 5 rings (SSSR count). The van der Waals surface area contributed by atoms with E-state index in [-0.39, 0.29) is 24.0 Å². The van der Waals surface area contributed by atoms with Crippen molar-refractivity contribution in [2.24, 2.45) is 0 Å². The zero-order valence-electron chi connectivity index (χ0n) is 19.2. The van der Waals surface area contributed by atoms with Crippen LogP contribution in [0.5, 0.6) is 17.2 Å². The molecule has 3 aliphatic rings. The predicted molar refractivity (Wildman–Crippen MR) is 123 cm³/mol. The zero-order valence-corrected chi connectivity index (χ0v) is 19.2. The first kappa shape index (κ1) is 21.4. The number of piperidine rings is 1. The van der Waals surface area contributed by atoms with Gasteiger partial charge in [-0.15, -0.1) is 0 Å². The second-order valence-corrected chi connectivity index (χ2v) is 8.71. The van der Waals surface area contributed by atoms with Crippen LogP contribution in [0.4, 0.5) is 10.5 Å². The molecule has 8 heteroatoms. The molecule has 3 atom stereocenters. The first-order valence-electron chi connectivity index (χ1n) is 11.3. The fourth-order valence-corrected chi connectivity index (χ4v) is 5.62. The third kappa shape index (κ3) is 3.53. The number of carbonyl (C=O) groups is 2. The smallest absolute Gasteiger partial charge is 0.322 e. The van der Waals surface area contributed by atoms with Crippen LogP contribution >= 0.6 is 0 Å². The third-order valence-corrected chi connectivity index (χ3v) is 7.07. The number of hydrogen-bond acceptors (Lipinski definition) is 5. The first-order valence-corrected chi connectivity index (χ1v) is 11.3. The Morgan fingerprint density at radius 2 is 1.85 bits per heavy atom. The Kier molecular flexibility index (Phi) is 5.52. The second-order valence-electron chi connectivity index (χ2n) is 8.71. The monoisotopic (exact) mass is 451 g/mol. The molecule has 1 N–H and O–H groups in total. The fraction of sp³-hybridized carbons (Fsp3) is 0.440. The van der Waals surface area contributed by atoms with Crippen LogP contribution in [-0.2, 0) is 11.2 Å². The van der Waals surface area contributed by atoms with Crippen LogP contribution in [0.15, 0.2) is 36.4 Å². The Bertz CT molecular complexity index is 1070. The van der Waals surface area contributed by atoms with Crippen LogP contribution in [0.25, 0.3) is 0 Å². The third-order valence-electron chi connectivity index (χ3n) is 7.07. The molecule has 2 fully saturated rings. The van der Waals surface area contributed by atoms with E-state index < -0.39 is 6.04 Å². The lowest BCUT2D eigenvalue weighted by molar-refractivity contribution is -0.152. The summed E-state index contributed by atoms with van der Waals surface area (Å²) >= 11 is 0. The standard InChI is InChI=1S/C25H29N3O5/c1-31-17-7-4-6-16(13-17)26-25(30)28-19-8-5-9-20(28)24(29)27-11-10-15-12-18(32-2)14-21(33-3)22(15)23(19)27/h4,6-7,12-14,19-20,23H,5,8-11H2,1-3H3,(H,26,30). The summed E-state index contributed by atoms with van der Waals surface area (Å²) in [6.07, 6.45) is 3.14. The Balaban J connectivity index is 1.53. The van der Waals surface area contributed by atoms with Crippen molar-refractivity contribution in [3.8, 4) is 17.2 Å². The van der Waals surface area contributed by atoms with Crippen molar-refractivity contribution in [1.82, 2.24) is 9.80 Å². The highest BCUT2D eigenvalue weighted by Crippen LogP contribution is 2.48. The molecule has 2 bridgehead atoms. The number of nitrogens with one attached hydrogen (secondary N) is 1. The molecule has 3 aliphatic heterocycles. The van der Waals surface area contributed by atoms with E-state index in [9.17, 15) is 9.59 Å². The molecular weight excluding hydrogens is 422 g/mol. The SMILES string of the molecule is COc1cccc(NC(=O)N2C3CCCC2C2c4c(cc(OC)cc4OC)CCN2C3=O)c1. The second kappa shape index (κ2) is 8.50. The largest absolute Gasteiger partial charge is 0.497 e. The molecular formula is C25H29N3O5. The number of amides is 3. The van der Waals surface area contributed by atoms with E-state index >= 15 is 0 Å². The van der Waals surface area contributed by atoms with Crippen LogP contribution in [0.2, 0.25) is 0 Å². The van der Waals surface area contributed by atoms with E-state index in [2.05, 4.69) is 5.32 Å². The van der Waals surface area contributed by atoms with Crippen LogP contribution in [0, 0.1) is 0 Å². The Hall–Kier alpha value is -3.42. The number of carbonyl (C=O) groups excluding carboxylic acids is 2. The topological polar surface area (TPSA) is 80.3 Å². The summed E-state index contributed by atoms with van der Waals surface area (Å²) in [5, 5.41) is 2.99. The van der Waals surface area contributed by atoms with Gasteiger partial charge in [0.25, 0.3) is 0 Å². The summed E-state index contributed by atoms with van der Waals surface area (Å²) in [4.78, 5) is 30.8. The van der Waals surface area contributed by atoms with Gasteiger partial charge in [0.05, 0.1) is 33.4 Å². The molecule has 2 saturated heterocycles. The quantitative estimate of drug-likeness (QED) is 0.768. The van der Waals surface area contributed by atoms with Crippen molar-refractivity contribution in [3.63, 3.8) is 0 Å². The highest BCUT2D eigenvalue weighted by molar-refractivity contribution is 5.95. The van der Waals surface area contributed by atoms with Crippen LogP contribution < -0.4 is 19.5 Å². The van der Waals surface area contributed by atoms with Gasteiger partial charge in [0, 0.05) is 29.9 Å². The summed E-state index contributed by atoms with van der Waals surface area (Å²) in [7, 11) is 4.86. The molecule has 0 aliphatic carbocycles. The number of nitrogens with zero attached hydrogens (tertiary/aromatic N) is 2. The molecule has 3 amide bonds. The zero-order chi connectivity index (χ0) is 23.1. The molecule has 2 aromatic rings. The van der Waals surface area contributed by atoms with Gasteiger partial charge in [-0.2, -0.15) is 0 Å². The Morgan fingerprint density at radius 3 is 2.61 bits per heavy atom. The lowest BCUT2D eigenvalue weighted by atomic mass is 9.78. The van der Waals surface area contributed by atoms with E-state index in [1.165, 1.54) is 0 Å². The number of benzene rings is 2. The van der Waals surface area contributed by atoms with Crippen molar-refractivity contribution >= 4 is 17.6 Å². The summed E-state index contributed by atoms with van der Waals surface area (Å²) in [6.45, 7) is 0.630. The summed E-state index contributed by atoms with van der Waals surface area (Å²) in [6, 6.07) is 10.1. The number of ether oxygens (including phenoxy) is 3. The first-order chi connectivity index (χ1) is 16.0. The fourth-order valence-electron chi connectivity index (χ4n) is 5.62. The van der Waals surface area contributed by atoms with Gasteiger partial charge in [-0.05, 0) is 49.4 Å². The van der Waals surface area contributed by atoms with Gasteiger partial charge in [0.1, 0.15) is 23.3 Å². The molecule has 174 valence electrons. The summed E-state index contributed by atoms with van der Waals surface area (Å²) < 4.78 is 16.5. The number of urea groups is 1. The van der Waals surface area contributed by atoms with E-state index in [0.717, 1.165) is 36.1 Å². The van der Waals surface area contributed by atoms with Gasteiger partial charge in [0.15, 0.2) is 0 Å². The molecule has 0 saturated carbocycles. The van der Waals surface area contributed by atoms with Gasteiger partial charge in [-0.25, -0.2) is 4.79 Å². The molecule has 0 radical (unpaired) electrons. The molecule has 2 aromatic carbocycles. The highest BCUT2D eigenvalue weighted by atomic mass is 16.5. The van der Waals surface area contributed by atoms with Crippen molar-refractivity contribution in [1.29, 1.82) is 0 Å². The average Bonchev–Trinajstić information content (AvgIpc) is 2.85. The molecule has 33 heavy (non-hydrogen) atoms. The molecule has 3 heterocycles. The molecule has 0 aromatic heterocycles. The number of hydrogen-bond donors (Lipinski definition) is 1. The average molecular weight is 452 g/mol. The minimum absolute atomic E-state index is 0.0141. The molecule has 8 nitrogen and oxygen atoms in total. The van der Waals surface area contributed by atoms with Crippen LogP contribution in [0.3, 0.4) is 0 Å². The van der Waals surface area contributed by atoms with E-state index in [1.807, 2.05) is 35.2 Å². The van der Waals surface area contributed by atoms with E-state index in [1.54, 1.807) is 32.3 Å². The number of fused-ring (bicyclic) bond motifs is 6. The number of piperazine rings is 1. The summed E-state index contributed by atoms with van der Waals surface area (Å²) in [5.41, 5.74) is 2.73. The predicted octanol–water partition coefficient (Wildman–Crippen LogP) is 3.61. The highest BCUT2D eigenvalue weighted by Gasteiger charge is 2.53. The number of methoxy groups -OCH3 is 3. The molecule has 3 unspecified atom stereocenters. The maximum absolute atomic E-state index is 13.6. The Morgan fingerprint density at radius 1 is 1.03 bits per heavy atom. The van der Waals surface area contributed by atoms with Gasteiger partial charge in [-0.1, -0.05) is 6.07 Å². The van der Waals surface area contributed by atoms with Crippen molar-refractivity contribution in [2.45, 2.75) is 43.8 Å². The van der Waals surface area contributed by atoms with E-state index in [4.69, 9.17) is 14.2 Å². The Labute approximate surface area is 193 Å². The van der Waals surface area contributed by atoms with Gasteiger partial charge in [0.2, 0.25) is 5.91 Å². The lowest BCUT2D eigenvalue weighted by Crippen LogP contribution is -2.67. The van der Waals surface area contributed by atoms with Gasteiger partial charge in [-0.3, -0.25) is 4.79 Å². The minimum atomic E-state index is -0.448. The lowest BCUT2D eigenvalue weighted by Gasteiger charge is -2.55. The van der Waals surface area contributed by atoms with Gasteiger partial charge < -0.3 is 29.3 Å². The van der Waals surface area contributed by atoms with Crippen molar-refractivity contribution in [3.05, 3.63) is 47.5 Å². The maximum atomic E-state index is 13.6. The minimum Gasteiger partial charge on any atom is -0.497 e. The number of rotatable bonds is 4.